The largest absolute Gasteiger partial charge is 0.493 e. The molecule has 1 heterocycles. The lowest BCUT2D eigenvalue weighted by Crippen LogP contribution is -2.42. The molecule has 0 spiro atoms. The van der Waals surface area contributed by atoms with Gasteiger partial charge in [0, 0.05) is 20.1 Å². The summed E-state index contributed by atoms with van der Waals surface area (Å²) in [6.07, 6.45) is 2.44. The van der Waals surface area contributed by atoms with E-state index >= 15 is 0 Å². The second kappa shape index (κ2) is 13.4. The quantitative estimate of drug-likeness (QED) is 0.270. The molecule has 1 atom stereocenters. The number of ether oxygens (including phenoxy) is 2. The molecular weight excluding hydrogens is 529 g/mol. The maximum Gasteiger partial charge on any atom is 0.387 e. The molecule has 0 amide bonds. The fourth-order valence-electron chi connectivity index (χ4n) is 3.81. The molecule has 0 radical (unpaired) electrons. The molecule has 1 saturated heterocycles. The topological polar surface area (TPSA) is 58.1 Å². The molecule has 3 rings (SSSR count). The highest BCUT2D eigenvalue weighted by Gasteiger charge is 2.23. The Morgan fingerprint density at radius 2 is 1.78 bits per heavy atom. The number of guanidine groups is 1. The highest BCUT2D eigenvalue weighted by Crippen LogP contribution is 2.29. The van der Waals surface area contributed by atoms with Gasteiger partial charge in [0.05, 0.1) is 13.2 Å². The summed E-state index contributed by atoms with van der Waals surface area (Å²) in [4.78, 5) is 6.79. The molecule has 0 aliphatic carbocycles. The van der Waals surface area contributed by atoms with Crippen molar-refractivity contribution in [2.45, 2.75) is 32.0 Å². The first-order valence-electron chi connectivity index (χ1n) is 10.5. The summed E-state index contributed by atoms with van der Waals surface area (Å²) in [6, 6.07) is 15.7. The molecule has 0 saturated carbocycles. The Morgan fingerprint density at radius 3 is 2.41 bits per heavy atom. The van der Waals surface area contributed by atoms with E-state index in [1.165, 1.54) is 25.5 Å². The average molecular weight is 560 g/mol. The average Bonchev–Trinajstić information content (AvgIpc) is 3.31. The number of halogens is 3. The summed E-state index contributed by atoms with van der Waals surface area (Å²) in [5.74, 6) is 0.924. The molecule has 6 nitrogen and oxygen atoms in total. The zero-order valence-electron chi connectivity index (χ0n) is 18.4. The Kier molecular flexibility index (Phi) is 10.9. The van der Waals surface area contributed by atoms with Gasteiger partial charge in [0.15, 0.2) is 17.5 Å². The molecule has 176 valence electrons. The van der Waals surface area contributed by atoms with E-state index < -0.39 is 6.61 Å². The van der Waals surface area contributed by atoms with E-state index in [2.05, 4.69) is 49.5 Å². The standard InChI is InChI=1S/C23H30F2N4O2.HI/c1-26-23(27-15-17-10-11-20(30-2)21(14-17)31-22(24)25)28-16-19(29-12-6-7-13-29)18-8-4-3-5-9-18;/h3-5,8-11,14,19,22H,6-7,12-13,15-16H2,1-2H3,(H2,26,27,28);1H. The number of alkyl halides is 2. The van der Waals surface area contributed by atoms with Gasteiger partial charge in [0.1, 0.15) is 0 Å². The third-order valence-corrected chi connectivity index (χ3v) is 5.36. The number of nitrogens with zero attached hydrogens (tertiary/aromatic N) is 2. The van der Waals surface area contributed by atoms with Gasteiger partial charge in [-0.2, -0.15) is 8.78 Å². The molecule has 32 heavy (non-hydrogen) atoms. The van der Waals surface area contributed by atoms with E-state index in [4.69, 9.17) is 4.74 Å². The number of benzene rings is 2. The summed E-state index contributed by atoms with van der Waals surface area (Å²) >= 11 is 0. The van der Waals surface area contributed by atoms with Crippen LogP contribution in [0.4, 0.5) is 8.78 Å². The van der Waals surface area contributed by atoms with Gasteiger partial charge >= 0.3 is 6.61 Å². The number of hydrogen-bond donors (Lipinski definition) is 2. The molecule has 0 aromatic heterocycles. The minimum atomic E-state index is -2.91. The second-order valence-electron chi connectivity index (χ2n) is 7.34. The van der Waals surface area contributed by atoms with Crippen molar-refractivity contribution in [3.8, 4) is 11.5 Å². The third-order valence-electron chi connectivity index (χ3n) is 5.36. The molecule has 1 aliphatic heterocycles. The molecule has 2 aromatic rings. The van der Waals surface area contributed by atoms with Gasteiger partial charge in [-0.25, -0.2) is 0 Å². The van der Waals surface area contributed by atoms with Gasteiger partial charge in [-0.1, -0.05) is 36.4 Å². The Balaban J connectivity index is 0.00000363. The molecule has 9 heteroatoms. The van der Waals surface area contributed by atoms with Gasteiger partial charge in [-0.3, -0.25) is 9.89 Å². The van der Waals surface area contributed by atoms with Crippen LogP contribution in [0.5, 0.6) is 11.5 Å². The van der Waals surface area contributed by atoms with Crippen LogP contribution >= 0.6 is 24.0 Å². The number of methoxy groups -OCH3 is 1. The van der Waals surface area contributed by atoms with E-state index in [0.29, 0.717) is 19.0 Å². The number of aliphatic imine (C=N–C) groups is 1. The monoisotopic (exact) mass is 560 g/mol. The molecule has 2 N–H and O–H groups in total. The third kappa shape index (κ3) is 7.47. The van der Waals surface area contributed by atoms with Crippen LogP contribution < -0.4 is 20.1 Å². The lowest BCUT2D eigenvalue weighted by Gasteiger charge is -2.29. The van der Waals surface area contributed by atoms with Gasteiger partial charge in [0.2, 0.25) is 0 Å². The zero-order chi connectivity index (χ0) is 22.1. The molecule has 1 aliphatic rings. The summed E-state index contributed by atoms with van der Waals surface area (Å²) < 4.78 is 35.0. The molecular formula is C23H31F2IN4O2. The minimum absolute atomic E-state index is 0. The van der Waals surface area contributed by atoms with Crippen LogP contribution in [0.1, 0.15) is 30.0 Å². The van der Waals surface area contributed by atoms with Crippen LogP contribution in [0.2, 0.25) is 0 Å². The maximum absolute atomic E-state index is 12.7. The van der Waals surface area contributed by atoms with Crippen molar-refractivity contribution in [3.63, 3.8) is 0 Å². The summed E-state index contributed by atoms with van der Waals surface area (Å²) in [7, 11) is 3.13. The van der Waals surface area contributed by atoms with Crippen molar-refractivity contribution in [2.75, 3.05) is 33.8 Å². The highest BCUT2D eigenvalue weighted by molar-refractivity contribution is 14.0. The SMILES string of the molecule is CN=C(NCc1ccc(OC)c(OC(F)F)c1)NCC(c1ccccc1)N1CCCC1.I. The Labute approximate surface area is 205 Å². The Morgan fingerprint density at radius 1 is 1.06 bits per heavy atom. The summed E-state index contributed by atoms with van der Waals surface area (Å²) in [5, 5.41) is 6.64. The van der Waals surface area contributed by atoms with Crippen molar-refractivity contribution >= 4 is 29.9 Å². The highest BCUT2D eigenvalue weighted by atomic mass is 127. The van der Waals surface area contributed by atoms with Crippen molar-refractivity contribution in [2.24, 2.45) is 4.99 Å². The van der Waals surface area contributed by atoms with Gasteiger partial charge < -0.3 is 20.1 Å². The van der Waals surface area contributed by atoms with Crippen molar-refractivity contribution < 1.29 is 18.3 Å². The molecule has 1 unspecified atom stereocenters. The van der Waals surface area contributed by atoms with E-state index in [1.807, 2.05) is 6.07 Å². The molecule has 1 fully saturated rings. The maximum atomic E-state index is 12.7. The predicted molar refractivity (Wildman–Crippen MR) is 133 cm³/mol. The van der Waals surface area contributed by atoms with Gasteiger partial charge in [-0.15, -0.1) is 24.0 Å². The first-order valence-corrected chi connectivity index (χ1v) is 10.5. The molecule has 0 bridgehead atoms. The minimum Gasteiger partial charge on any atom is -0.493 e. The Bertz CT molecular complexity index is 849. The number of nitrogens with one attached hydrogen (secondary N) is 2. The van der Waals surface area contributed by atoms with E-state index in [1.54, 1.807) is 25.2 Å². The van der Waals surface area contributed by atoms with E-state index in [-0.39, 0.29) is 41.5 Å². The van der Waals surface area contributed by atoms with Gasteiger partial charge in [0.25, 0.3) is 0 Å². The normalized spacial score (nSPS) is 15.2. The fraction of sp³-hybridized carbons (Fsp3) is 0.435. The van der Waals surface area contributed by atoms with Crippen LogP contribution in [-0.4, -0.2) is 51.3 Å². The van der Waals surface area contributed by atoms with E-state index in [9.17, 15) is 8.78 Å². The van der Waals surface area contributed by atoms with E-state index in [0.717, 1.165) is 18.7 Å². The van der Waals surface area contributed by atoms with Crippen LogP contribution in [0.3, 0.4) is 0 Å². The first-order chi connectivity index (χ1) is 15.1. The van der Waals surface area contributed by atoms with Crippen LogP contribution in [-0.2, 0) is 6.54 Å². The smallest absolute Gasteiger partial charge is 0.387 e. The number of hydrogen-bond acceptors (Lipinski definition) is 4. The van der Waals surface area contributed by atoms with Crippen molar-refractivity contribution in [3.05, 3.63) is 59.7 Å². The number of likely N-dealkylation sites (tertiary alicyclic amines) is 1. The second-order valence-corrected chi connectivity index (χ2v) is 7.34. The Hall–Kier alpha value is -2.14. The lowest BCUT2D eigenvalue weighted by molar-refractivity contribution is -0.0512. The molecule has 2 aromatic carbocycles. The zero-order valence-corrected chi connectivity index (χ0v) is 20.7. The van der Waals surface area contributed by atoms with Crippen molar-refractivity contribution in [1.82, 2.24) is 15.5 Å². The fourth-order valence-corrected chi connectivity index (χ4v) is 3.81. The summed E-state index contributed by atoms with van der Waals surface area (Å²) in [6.45, 7) is 0.389. The van der Waals surface area contributed by atoms with Crippen LogP contribution in [0.25, 0.3) is 0 Å². The summed E-state index contributed by atoms with van der Waals surface area (Å²) in [5.41, 5.74) is 2.05. The predicted octanol–water partition coefficient (Wildman–Crippen LogP) is 4.42. The van der Waals surface area contributed by atoms with Crippen LogP contribution in [0, 0.1) is 0 Å². The lowest BCUT2D eigenvalue weighted by atomic mass is 10.1. The first kappa shape index (κ1) is 26.1. The van der Waals surface area contributed by atoms with Gasteiger partial charge in [-0.05, 0) is 49.2 Å². The number of rotatable bonds is 9. The van der Waals surface area contributed by atoms with Crippen LogP contribution in [0.15, 0.2) is 53.5 Å². The van der Waals surface area contributed by atoms with Crippen molar-refractivity contribution in [1.29, 1.82) is 0 Å².